The molecule has 0 aliphatic heterocycles. The summed E-state index contributed by atoms with van der Waals surface area (Å²) in [5.41, 5.74) is 6.34. The maximum Gasteiger partial charge on any atom is 0.274 e. The van der Waals surface area contributed by atoms with Gasteiger partial charge in [-0.2, -0.15) is 0 Å². The average molecular weight is 390 g/mol. The zero-order valence-corrected chi connectivity index (χ0v) is 14.8. The highest BCUT2D eigenvalue weighted by molar-refractivity contribution is 7.98. The number of carbonyl (C=O) groups excluding carboxylic acids is 1. The fourth-order valence-corrected chi connectivity index (χ4v) is 3.39. The van der Waals surface area contributed by atoms with Crippen LogP contribution in [0.1, 0.15) is 15.9 Å². The Morgan fingerprint density at radius 3 is 2.81 bits per heavy atom. The van der Waals surface area contributed by atoms with Crippen molar-refractivity contribution in [1.82, 2.24) is 14.8 Å². The van der Waals surface area contributed by atoms with Gasteiger partial charge in [-0.05, 0) is 24.3 Å². The number of carbonyl (C=O) groups is 1. The molecule has 0 aliphatic carbocycles. The Bertz CT molecular complexity index is 992. The minimum absolute atomic E-state index is 0.0903. The van der Waals surface area contributed by atoms with E-state index >= 15 is 0 Å². The largest absolute Gasteiger partial charge is 0.366 e. The molecule has 0 aliphatic rings. The Morgan fingerprint density at radius 2 is 2.12 bits per heavy atom. The van der Waals surface area contributed by atoms with Gasteiger partial charge in [0.2, 0.25) is 5.91 Å². The molecule has 0 atom stereocenters. The van der Waals surface area contributed by atoms with E-state index in [0.29, 0.717) is 15.7 Å². The van der Waals surface area contributed by atoms with Crippen molar-refractivity contribution in [2.45, 2.75) is 10.9 Å². The maximum atomic E-state index is 11.3. The number of halogens is 1. The fraction of sp³-hybridized carbons (Fsp3) is 0.0625. The number of nitrogens with zero attached hydrogens (tertiary/aromatic N) is 4. The van der Waals surface area contributed by atoms with E-state index in [1.54, 1.807) is 29.1 Å². The van der Waals surface area contributed by atoms with Gasteiger partial charge in [0.15, 0.2) is 5.16 Å². The second-order valence-corrected chi connectivity index (χ2v) is 6.60. The highest BCUT2D eigenvalue weighted by Crippen LogP contribution is 2.29. The van der Waals surface area contributed by atoms with E-state index in [4.69, 9.17) is 17.3 Å². The van der Waals surface area contributed by atoms with Crippen LogP contribution in [0.3, 0.4) is 0 Å². The molecule has 0 saturated carbocycles. The van der Waals surface area contributed by atoms with E-state index in [2.05, 4.69) is 10.2 Å². The monoisotopic (exact) mass is 389 g/mol. The van der Waals surface area contributed by atoms with Gasteiger partial charge in [-0.15, -0.1) is 10.2 Å². The zero-order valence-electron chi connectivity index (χ0n) is 13.2. The van der Waals surface area contributed by atoms with E-state index in [9.17, 15) is 14.9 Å². The van der Waals surface area contributed by atoms with Crippen LogP contribution in [0.2, 0.25) is 5.02 Å². The molecule has 1 heterocycles. The number of hydrogen-bond acceptors (Lipinski definition) is 6. The zero-order chi connectivity index (χ0) is 18.7. The molecule has 0 bridgehead atoms. The molecule has 10 heteroatoms. The first-order valence-corrected chi connectivity index (χ1v) is 8.68. The third-order valence-corrected chi connectivity index (χ3v) is 4.75. The third-order valence-electron chi connectivity index (χ3n) is 3.53. The molecule has 0 radical (unpaired) electrons. The van der Waals surface area contributed by atoms with Gasteiger partial charge in [0, 0.05) is 28.0 Å². The molecule has 2 N–H and O–H groups in total. The molecule has 3 rings (SSSR count). The molecule has 2 aromatic carbocycles. The number of thioether (sulfide) groups is 1. The second kappa shape index (κ2) is 7.54. The number of rotatable bonds is 6. The fourth-order valence-electron chi connectivity index (χ4n) is 2.28. The standard InChI is InChI=1S/C16H12ClN5O3S/c17-12-2-1-3-13(7-12)21-9-19-20-16(21)26-8-11-5-4-10(15(18)23)6-14(11)22(24)25/h1-7,9H,8H2,(H2,18,23). The molecule has 1 aromatic heterocycles. The number of primary amides is 1. The first kappa shape index (κ1) is 17.9. The lowest BCUT2D eigenvalue weighted by Gasteiger charge is -2.07. The number of aromatic nitrogens is 3. The summed E-state index contributed by atoms with van der Waals surface area (Å²) < 4.78 is 1.74. The van der Waals surface area contributed by atoms with E-state index in [1.165, 1.54) is 30.0 Å². The van der Waals surface area contributed by atoms with Crippen molar-refractivity contribution in [2.24, 2.45) is 5.73 Å². The van der Waals surface area contributed by atoms with Crippen LogP contribution in [-0.2, 0) is 5.75 Å². The van der Waals surface area contributed by atoms with Crippen molar-refractivity contribution in [3.05, 3.63) is 75.1 Å². The molecular weight excluding hydrogens is 378 g/mol. The molecule has 8 nitrogen and oxygen atoms in total. The smallest absolute Gasteiger partial charge is 0.274 e. The van der Waals surface area contributed by atoms with Crippen LogP contribution in [0.25, 0.3) is 5.69 Å². The number of benzene rings is 2. The highest BCUT2D eigenvalue weighted by Gasteiger charge is 2.18. The van der Waals surface area contributed by atoms with E-state index < -0.39 is 10.8 Å². The summed E-state index contributed by atoms with van der Waals surface area (Å²) >= 11 is 7.29. The average Bonchev–Trinajstić information content (AvgIpc) is 3.08. The van der Waals surface area contributed by atoms with Gasteiger partial charge in [-0.25, -0.2) is 0 Å². The van der Waals surface area contributed by atoms with Gasteiger partial charge < -0.3 is 5.73 Å². The Balaban J connectivity index is 1.86. The van der Waals surface area contributed by atoms with Crippen LogP contribution >= 0.6 is 23.4 Å². The lowest BCUT2D eigenvalue weighted by atomic mass is 10.1. The van der Waals surface area contributed by atoms with Crippen LogP contribution < -0.4 is 5.73 Å². The SMILES string of the molecule is NC(=O)c1ccc(CSc2nncn2-c2cccc(Cl)c2)c([N+](=O)[O-])c1. The number of amides is 1. The summed E-state index contributed by atoms with van der Waals surface area (Å²) in [4.78, 5) is 22.0. The van der Waals surface area contributed by atoms with Crippen LogP contribution in [0.4, 0.5) is 5.69 Å². The first-order valence-electron chi connectivity index (χ1n) is 7.31. The normalized spacial score (nSPS) is 10.7. The molecule has 0 saturated heterocycles. The van der Waals surface area contributed by atoms with Crippen LogP contribution in [0.5, 0.6) is 0 Å². The number of nitro groups is 1. The van der Waals surface area contributed by atoms with Gasteiger partial charge in [-0.3, -0.25) is 19.5 Å². The van der Waals surface area contributed by atoms with Crippen LogP contribution in [0.15, 0.2) is 53.9 Å². The quantitative estimate of drug-likeness (QED) is 0.393. The Hall–Kier alpha value is -2.91. The second-order valence-electron chi connectivity index (χ2n) is 5.22. The molecular formula is C16H12ClN5O3S. The van der Waals surface area contributed by atoms with Crippen molar-refractivity contribution in [3.63, 3.8) is 0 Å². The van der Waals surface area contributed by atoms with Crippen LogP contribution in [0, 0.1) is 10.1 Å². The van der Waals surface area contributed by atoms with Crippen molar-refractivity contribution in [2.75, 3.05) is 0 Å². The Kier molecular flexibility index (Phi) is 5.19. The Morgan fingerprint density at radius 1 is 1.31 bits per heavy atom. The highest BCUT2D eigenvalue weighted by atomic mass is 35.5. The lowest BCUT2D eigenvalue weighted by molar-refractivity contribution is -0.385. The number of hydrogen-bond donors (Lipinski definition) is 1. The molecule has 0 unspecified atom stereocenters. The van der Waals surface area contributed by atoms with Gasteiger partial charge in [-0.1, -0.05) is 35.5 Å². The van der Waals surface area contributed by atoms with Gasteiger partial charge in [0.1, 0.15) is 6.33 Å². The molecule has 1 amide bonds. The summed E-state index contributed by atoms with van der Waals surface area (Å²) in [7, 11) is 0. The molecule has 0 spiro atoms. The summed E-state index contributed by atoms with van der Waals surface area (Å²) in [6.45, 7) is 0. The predicted octanol–water partition coefficient (Wildman–Crippen LogP) is 3.22. The van der Waals surface area contributed by atoms with Crippen molar-refractivity contribution < 1.29 is 9.72 Å². The summed E-state index contributed by atoms with van der Waals surface area (Å²) in [5.74, 6) is -0.442. The van der Waals surface area contributed by atoms with Gasteiger partial charge in [0.05, 0.1) is 10.6 Å². The first-order chi connectivity index (χ1) is 12.5. The molecule has 0 fully saturated rings. The summed E-state index contributed by atoms with van der Waals surface area (Å²) in [5, 5.41) is 20.3. The maximum absolute atomic E-state index is 11.3. The van der Waals surface area contributed by atoms with Crippen molar-refractivity contribution in [3.8, 4) is 5.69 Å². The molecule has 26 heavy (non-hydrogen) atoms. The topological polar surface area (TPSA) is 117 Å². The summed E-state index contributed by atoms with van der Waals surface area (Å²) in [6, 6.07) is 11.3. The predicted molar refractivity (Wildman–Crippen MR) is 97.5 cm³/mol. The minimum Gasteiger partial charge on any atom is -0.366 e. The molecule has 3 aromatic rings. The Labute approximate surface area is 157 Å². The van der Waals surface area contributed by atoms with Crippen molar-refractivity contribution in [1.29, 1.82) is 0 Å². The third kappa shape index (κ3) is 3.84. The van der Waals surface area contributed by atoms with E-state index in [-0.39, 0.29) is 17.0 Å². The minimum atomic E-state index is -0.715. The van der Waals surface area contributed by atoms with Gasteiger partial charge in [0.25, 0.3) is 5.69 Å². The number of nitrogens with two attached hydrogens (primary N) is 1. The molecule has 132 valence electrons. The van der Waals surface area contributed by atoms with Crippen molar-refractivity contribution >= 4 is 35.0 Å². The van der Waals surface area contributed by atoms with E-state index in [1.807, 2.05) is 6.07 Å². The van der Waals surface area contributed by atoms with E-state index in [0.717, 1.165) is 5.69 Å². The lowest BCUT2D eigenvalue weighted by Crippen LogP contribution is -2.11. The number of nitro benzene ring substituents is 1. The summed E-state index contributed by atoms with van der Waals surface area (Å²) in [6.07, 6.45) is 1.54. The van der Waals surface area contributed by atoms with Gasteiger partial charge >= 0.3 is 0 Å². The van der Waals surface area contributed by atoms with Crippen LogP contribution in [-0.4, -0.2) is 25.6 Å².